The Hall–Kier alpha value is -1.59. The van der Waals surface area contributed by atoms with Gasteiger partial charge in [-0.05, 0) is 43.9 Å². The molecule has 5 heteroatoms. The normalized spacial score (nSPS) is 17.5. The fourth-order valence-electron chi connectivity index (χ4n) is 2.93. The number of hydrogen-bond donors (Lipinski definition) is 1. The second-order valence-electron chi connectivity index (χ2n) is 6.52. The first-order chi connectivity index (χ1) is 11.5. The van der Waals surface area contributed by atoms with Gasteiger partial charge in [-0.2, -0.15) is 0 Å². The summed E-state index contributed by atoms with van der Waals surface area (Å²) in [5, 5.41) is 3.00. The summed E-state index contributed by atoms with van der Waals surface area (Å²) in [7, 11) is 0. The smallest absolute Gasteiger partial charge is 0.220 e. The molecule has 1 aliphatic heterocycles. The molecule has 1 aromatic rings. The van der Waals surface area contributed by atoms with Gasteiger partial charge in [-0.15, -0.1) is 0 Å². The molecule has 0 aliphatic carbocycles. The second kappa shape index (κ2) is 9.04. The molecular formula is C19H29NO4. The molecule has 0 radical (unpaired) electrons. The molecule has 1 fully saturated rings. The maximum absolute atomic E-state index is 12.0. The zero-order valence-corrected chi connectivity index (χ0v) is 15.0. The third-order valence-corrected chi connectivity index (χ3v) is 4.14. The van der Waals surface area contributed by atoms with Crippen molar-refractivity contribution in [2.45, 2.75) is 45.8 Å². The van der Waals surface area contributed by atoms with Crippen LogP contribution in [0.4, 0.5) is 0 Å². The van der Waals surface area contributed by atoms with Gasteiger partial charge in [0.15, 0.2) is 5.79 Å². The van der Waals surface area contributed by atoms with E-state index in [0.717, 1.165) is 24.2 Å². The molecule has 1 saturated heterocycles. The van der Waals surface area contributed by atoms with Gasteiger partial charge in [0.25, 0.3) is 0 Å². The highest BCUT2D eigenvalue weighted by molar-refractivity contribution is 5.76. The molecule has 1 aromatic carbocycles. The average molecular weight is 335 g/mol. The van der Waals surface area contributed by atoms with E-state index in [0.29, 0.717) is 38.7 Å². The maximum Gasteiger partial charge on any atom is 0.220 e. The number of hydrogen-bond acceptors (Lipinski definition) is 4. The molecule has 1 amide bonds. The molecule has 134 valence electrons. The molecule has 5 nitrogen and oxygen atoms in total. The number of carbonyl (C=O) groups is 1. The number of amides is 1. The Kier molecular flexibility index (Phi) is 7.06. The predicted molar refractivity (Wildman–Crippen MR) is 93.0 cm³/mol. The van der Waals surface area contributed by atoms with Crippen LogP contribution in [0.15, 0.2) is 24.3 Å². The first-order valence-corrected chi connectivity index (χ1v) is 8.77. The van der Waals surface area contributed by atoms with E-state index >= 15 is 0 Å². The minimum absolute atomic E-state index is 0.0779. The van der Waals surface area contributed by atoms with Crippen molar-refractivity contribution in [3.8, 4) is 5.75 Å². The van der Waals surface area contributed by atoms with Gasteiger partial charge < -0.3 is 19.5 Å². The van der Waals surface area contributed by atoms with Crippen LogP contribution in [0.3, 0.4) is 0 Å². The minimum atomic E-state index is -0.494. The predicted octanol–water partition coefficient (Wildman–Crippen LogP) is 2.92. The summed E-state index contributed by atoms with van der Waals surface area (Å²) in [5.41, 5.74) is 1.14. The standard InChI is InChI=1S/C19H29NO4/c1-4-22-17-8-5-16(6-9-17)7-10-18(21)20-14-15(2)13-19(3)23-11-12-24-19/h5-6,8-9,15H,4,7,10-14H2,1-3H3,(H,20,21). The van der Waals surface area contributed by atoms with Crippen molar-refractivity contribution in [2.75, 3.05) is 26.4 Å². The van der Waals surface area contributed by atoms with Gasteiger partial charge in [0.1, 0.15) is 5.75 Å². The van der Waals surface area contributed by atoms with E-state index in [9.17, 15) is 4.79 Å². The summed E-state index contributed by atoms with van der Waals surface area (Å²) in [6.45, 7) is 8.63. The van der Waals surface area contributed by atoms with Crippen LogP contribution in [0, 0.1) is 5.92 Å². The Morgan fingerprint density at radius 2 is 1.96 bits per heavy atom. The van der Waals surface area contributed by atoms with Gasteiger partial charge in [0, 0.05) is 19.4 Å². The molecule has 1 heterocycles. The number of ether oxygens (including phenoxy) is 3. The zero-order chi connectivity index (χ0) is 17.4. The van der Waals surface area contributed by atoms with Crippen LogP contribution in [0.25, 0.3) is 0 Å². The van der Waals surface area contributed by atoms with Gasteiger partial charge in [-0.3, -0.25) is 4.79 Å². The van der Waals surface area contributed by atoms with Crippen molar-refractivity contribution in [3.05, 3.63) is 29.8 Å². The van der Waals surface area contributed by atoms with Crippen LogP contribution in [0.5, 0.6) is 5.75 Å². The molecule has 1 N–H and O–H groups in total. The SMILES string of the molecule is CCOc1ccc(CCC(=O)NCC(C)CC2(C)OCCO2)cc1. The first-order valence-electron chi connectivity index (χ1n) is 8.77. The molecule has 0 spiro atoms. The summed E-state index contributed by atoms with van der Waals surface area (Å²) in [5.74, 6) is 0.757. The third-order valence-electron chi connectivity index (χ3n) is 4.14. The molecule has 2 rings (SSSR count). The van der Waals surface area contributed by atoms with E-state index in [1.165, 1.54) is 0 Å². The Morgan fingerprint density at radius 1 is 1.29 bits per heavy atom. The number of nitrogens with one attached hydrogen (secondary N) is 1. The topological polar surface area (TPSA) is 56.8 Å². The summed E-state index contributed by atoms with van der Waals surface area (Å²) < 4.78 is 16.6. The van der Waals surface area contributed by atoms with Crippen molar-refractivity contribution < 1.29 is 19.0 Å². The van der Waals surface area contributed by atoms with Gasteiger partial charge >= 0.3 is 0 Å². The van der Waals surface area contributed by atoms with Crippen molar-refractivity contribution >= 4 is 5.91 Å². The van der Waals surface area contributed by atoms with Crippen LogP contribution < -0.4 is 10.1 Å². The number of carbonyl (C=O) groups excluding carboxylic acids is 1. The van der Waals surface area contributed by atoms with E-state index in [4.69, 9.17) is 14.2 Å². The zero-order valence-electron chi connectivity index (χ0n) is 15.0. The lowest BCUT2D eigenvalue weighted by Crippen LogP contribution is -2.34. The Balaban J connectivity index is 1.65. The van der Waals surface area contributed by atoms with E-state index in [2.05, 4.69) is 12.2 Å². The van der Waals surface area contributed by atoms with Crippen molar-refractivity contribution in [3.63, 3.8) is 0 Å². The highest BCUT2D eigenvalue weighted by atomic mass is 16.7. The molecule has 1 unspecified atom stereocenters. The summed E-state index contributed by atoms with van der Waals surface area (Å²) >= 11 is 0. The quantitative estimate of drug-likeness (QED) is 0.754. The minimum Gasteiger partial charge on any atom is -0.494 e. The van der Waals surface area contributed by atoms with Crippen LogP contribution >= 0.6 is 0 Å². The van der Waals surface area contributed by atoms with Crippen LogP contribution in [0.1, 0.15) is 39.2 Å². The van der Waals surface area contributed by atoms with Crippen LogP contribution in [-0.2, 0) is 20.7 Å². The average Bonchev–Trinajstić information content (AvgIpc) is 2.98. The second-order valence-corrected chi connectivity index (χ2v) is 6.52. The van der Waals surface area contributed by atoms with Crippen LogP contribution in [-0.4, -0.2) is 38.1 Å². The summed E-state index contributed by atoms with van der Waals surface area (Å²) in [6, 6.07) is 7.91. The lowest BCUT2D eigenvalue weighted by molar-refractivity contribution is -0.154. The lowest BCUT2D eigenvalue weighted by Gasteiger charge is -2.26. The molecule has 0 bridgehead atoms. The van der Waals surface area contributed by atoms with Crippen molar-refractivity contribution in [2.24, 2.45) is 5.92 Å². The van der Waals surface area contributed by atoms with Gasteiger partial charge in [0.2, 0.25) is 5.91 Å². The van der Waals surface area contributed by atoms with Crippen molar-refractivity contribution in [1.82, 2.24) is 5.32 Å². The highest BCUT2D eigenvalue weighted by Gasteiger charge is 2.32. The largest absolute Gasteiger partial charge is 0.494 e. The molecule has 1 aliphatic rings. The third kappa shape index (κ3) is 6.13. The Labute approximate surface area is 144 Å². The fraction of sp³-hybridized carbons (Fsp3) is 0.632. The highest BCUT2D eigenvalue weighted by Crippen LogP contribution is 2.26. The van der Waals surface area contributed by atoms with E-state index in [1.54, 1.807) is 0 Å². The van der Waals surface area contributed by atoms with Crippen LogP contribution in [0.2, 0.25) is 0 Å². The molecule has 0 aromatic heterocycles. The van der Waals surface area contributed by atoms with Crippen molar-refractivity contribution in [1.29, 1.82) is 0 Å². The summed E-state index contributed by atoms with van der Waals surface area (Å²) in [4.78, 5) is 12.0. The number of aryl methyl sites for hydroxylation is 1. The lowest BCUT2D eigenvalue weighted by atomic mass is 10.0. The van der Waals surface area contributed by atoms with Gasteiger partial charge in [-0.25, -0.2) is 0 Å². The number of benzene rings is 1. The van der Waals surface area contributed by atoms with E-state index in [-0.39, 0.29) is 5.91 Å². The van der Waals surface area contributed by atoms with E-state index in [1.807, 2.05) is 38.1 Å². The van der Waals surface area contributed by atoms with Gasteiger partial charge in [0.05, 0.1) is 19.8 Å². The Morgan fingerprint density at radius 3 is 2.58 bits per heavy atom. The fourth-order valence-corrected chi connectivity index (χ4v) is 2.93. The van der Waals surface area contributed by atoms with E-state index < -0.39 is 5.79 Å². The summed E-state index contributed by atoms with van der Waals surface area (Å²) in [6.07, 6.45) is 2.01. The molecular weight excluding hydrogens is 306 g/mol. The molecule has 0 saturated carbocycles. The van der Waals surface area contributed by atoms with Gasteiger partial charge in [-0.1, -0.05) is 19.1 Å². The first kappa shape index (κ1) is 18.7. The Bertz CT molecular complexity index is 509. The monoisotopic (exact) mass is 335 g/mol. The molecule has 24 heavy (non-hydrogen) atoms. The number of rotatable bonds is 9. The molecule has 1 atom stereocenters. The maximum atomic E-state index is 12.0.